The quantitative estimate of drug-likeness (QED) is 0.879. The minimum Gasteiger partial charge on any atom is -0.351 e. The molecule has 0 saturated heterocycles. The van der Waals surface area contributed by atoms with Crippen molar-refractivity contribution in [3.05, 3.63) is 18.0 Å². The van der Waals surface area contributed by atoms with Crippen LogP contribution in [0.5, 0.6) is 0 Å². The lowest BCUT2D eigenvalue weighted by atomic mass is 9.89. The lowest BCUT2D eigenvalue weighted by Crippen LogP contribution is -2.35. The third-order valence-corrected chi connectivity index (χ3v) is 3.99. The average Bonchev–Trinajstić information content (AvgIpc) is 2.39. The summed E-state index contributed by atoms with van der Waals surface area (Å²) in [5.74, 6) is 0.765. The van der Waals surface area contributed by atoms with Gasteiger partial charge in [-0.25, -0.2) is 9.97 Å². The molecule has 1 aromatic rings. The van der Waals surface area contributed by atoms with Gasteiger partial charge in [-0.15, -0.1) is 0 Å². The van der Waals surface area contributed by atoms with Crippen LogP contribution in [-0.4, -0.2) is 29.1 Å². The van der Waals surface area contributed by atoms with Crippen LogP contribution in [0.25, 0.3) is 0 Å². The molecule has 0 unspecified atom stereocenters. The Balaban J connectivity index is 1.90. The zero-order valence-electron chi connectivity index (χ0n) is 12.5. The molecule has 106 valence electrons. The van der Waals surface area contributed by atoms with E-state index in [1.54, 1.807) is 0 Å². The van der Waals surface area contributed by atoms with Crippen molar-refractivity contribution < 1.29 is 0 Å². The molecule has 2 N–H and O–H groups in total. The van der Waals surface area contributed by atoms with Gasteiger partial charge in [0.2, 0.25) is 5.95 Å². The van der Waals surface area contributed by atoms with Crippen molar-refractivity contribution in [1.29, 1.82) is 0 Å². The van der Waals surface area contributed by atoms with E-state index >= 15 is 0 Å². The summed E-state index contributed by atoms with van der Waals surface area (Å²) >= 11 is 0. The molecule has 1 saturated carbocycles. The highest BCUT2D eigenvalue weighted by Crippen LogP contribution is 2.23. The van der Waals surface area contributed by atoms with Gasteiger partial charge in [0.15, 0.2) is 0 Å². The Labute approximate surface area is 116 Å². The first-order valence-electron chi connectivity index (χ1n) is 7.25. The molecule has 0 aliphatic heterocycles. The van der Waals surface area contributed by atoms with E-state index in [1.165, 1.54) is 31.2 Å². The van der Waals surface area contributed by atoms with Crippen LogP contribution in [0.3, 0.4) is 0 Å². The second-order valence-corrected chi connectivity index (χ2v) is 6.53. The molecule has 1 heterocycles. The lowest BCUT2D eigenvalue weighted by Gasteiger charge is -2.28. The Hall–Kier alpha value is -1.16. The van der Waals surface area contributed by atoms with Crippen molar-refractivity contribution in [2.24, 2.45) is 0 Å². The number of hydrogen-bond acceptors (Lipinski definition) is 4. The Morgan fingerprint density at radius 3 is 2.00 bits per heavy atom. The highest BCUT2D eigenvalue weighted by Gasteiger charge is 2.20. The first kappa shape index (κ1) is 14.3. The van der Waals surface area contributed by atoms with E-state index in [0.29, 0.717) is 12.1 Å². The number of nitrogens with zero attached hydrogens (tertiary/aromatic N) is 2. The van der Waals surface area contributed by atoms with E-state index in [9.17, 15) is 0 Å². The smallest absolute Gasteiger partial charge is 0.222 e. The molecular formula is C15H26N4. The zero-order valence-corrected chi connectivity index (χ0v) is 12.5. The summed E-state index contributed by atoms with van der Waals surface area (Å²) in [5.41, 5.74) is 1.29. The predicted molar refractivity (Wildman–Crippen MR) is 79.5 cm³/mol. The minimum atomic E-state index is 0.114. The van der Waals surface area contributed by atoms with Crippen LogP contribution in [0.15, 0.2) is 12.4 Å². The summed E-state index contributed by atoms with van der Waals surface area (Å²) in [6.07, 6.45) is 8.72. The van der Waals surface area contributed by atoms with E-state index in [4.69, 9.17) is 0 Å². The molecule has 1 aromatic heterocycles. The summed E-state index contributed by atoms with van der Waals surface area (Å²) in [6.45, 7) is 6.54. The molecule has 0 bridgehead atoms. The Morgan fingerprint density at radius 1 is 1.00 bits per heavy atom. The standard InChI is InChI=1S/C15H26N4/c1-15(2,3)11-9-17-14(18-10-11)19-13-7-5-12(16-4)6-8-13/h9-10,12-13,16H,5-8H2,1-4H3,(H,17,18,19). The largest absolute Gasteiger partial charge is 0.351 e. The first-order valence-corrected chi connectivity index (χ1v) is 7.25. The first-order chi connectivity index (χ1) is 8.99. The fourth-order valence-corrected chi connectivity index (χ4v) is 2.50. The summed E-state index contributed by atoms with van der Waals surface area (Å²) in [4.78, 5) is 8.88. The zero-order chi connectivity index (χ0) is 13.9. The lowest BCUT2D eigenvalue weighted by molar-refractivity contribution is 0.370. The predicted octanol–water partition coefficient (Wildman–Crippen LogP) is 2.72. The number of nitrogens with one attached hydrogen (secondary N) is 2. The third-order valence-electron chi connectivity index (χ3n) is 3.99. The van der Waals surface area contributed by atoms with Crippen molar-refractivity contribution in [2.75, 3.05) is 12.4 Å². The van der Waals surface area contributed by atoms with Gasteiger partial charge in [-0.3, -0.25) is 0 Å². The van der Waals surface area contributed by atoms with E-state index in [2.05, 4.69) is 41.4 Å². The molecule has 2 rings (SSSR count). The maximum atomic E-state index is 4.44. The highest BCUT2D eigenvalue weighted by molar-refractivity contribution is 5.28. The molecule has 0 spiro atoms. The van der Waals surface area contributed by atoms with Gasteiger partial charge in [-0.1, -0.05) is 20.8 Å². The van der Waals surface area contributed by atoms with Crippen LogP contribution >= 0.6 is 0 Å². The van der Waals surface area contributed by atoms with E-state index in [-0.39, 0.29) is 5.41 Å². The topological polar surface area (TPSA) is 49.8 Å². The maximum absolute atomic E-state index is 4.44. The molecule has 1 aliphatic rings. The van der Waals surface area contributed by atoms with Crippen LogP contribution in [0, 0.1) is 0 Å². The maximum Gasteiger partial charge on any atom is 0.222 e. The average molecular weight is 262 g/mol. The minimum absolute atomic E-state index is 0.114. The molecule has 1 fully saturated rings. The number of rotatable bonds is 3. The van der Waals surface area contributed by atoms with Gasteiger partial charge in [-0.05, 0) is 43.7 Å². The van der Waals surface area contributed by atoms with Crippen molar-refractivity contribution in [2.45, 2.75) is 64.0 Å². The van der Waals surface area contributed by atoms with Crippen molar-refractivity contribution >= 4 is 5.95 Å². The summed E-state index contributed by atoms with van der Waals surface area (Å²) < 4.78 is 0. The van der Waals surface area contributed by atoms with Crippen LogP contribution in [0.4, 0.5) is 5.95 Å². The van der Waals surface area contributed by atoms with Gasteiger partial charge in [0.25, 0.3) is 0 Å². The second kappa shape index (κ2) is 5.87. The number of aromatic nitrogens is 2. The van der Waals surface area contributed by atoms with Gasteiger partial charge < -0.3 is 10.6 Å². The molecule has 0 atom stereocenters. The van der Waals surface area contributed by atoms with Gasteiger partial charge in [0.05, 0.1) is 0 Å². The number of anilines is 1. The van der Waals surface area contributed by atoms with Gasteiger partial charge in [0.1, 0.15) is 0 Å². The van der Waals surface area contributed by atoms with E-state index in [1.807, 2.05) is 19.4 Å². The Kier molecular flexibility index (Phi) is 4.40. The van der Waals surface area contributed by atoms with Crippen LogP contribution in [-0.2, 0) is 5.41 Å². The van der Waals surface area contributed by atoms with Crippen molar-refractivity contribution in [3.8, 4) is 0 Å². The summed E-state index contributed by atoms with van der Waals surface area (Å²) in [6, 6.07) is 1.20. The van der Waals surface area contributed by atoms with Crippen LogP contribution in [0.2, 0.25) is 0 Å². The van der Waals surface area contributed by atoms with Crippen molar-refractivity contribution in [1.82, 2.24) is 15.3 Å². The van der Waals surface area contributed by atoms with Gasteiger partial charge >= 0.3 is 0 Å². The highest BCUT2D eigenvalue weighted by atomic mass is 15.1. The fourth-order valence-electron chi connectivity index (χ4n) is 2.50. The van der Waals surface area contributed by atoms with Crippen molar-refractivity contribution in [3.63, 3.8) is 0 Å². The van der Waals surface area contributed by atoms with Crippen LogP contribution in [0.1, 0.15) is 52.0 Å². The van der Waals surface area contributed by atoms with Gasteiger partial charge in [-0.2, -0.15) is 0 Å². The molecule has 0 aromatic carbocycles. The SMILES string of the molecule is CNC1CCC(Nc2ncc(C(C)(C)C)cn2)CC1. The molecule has 4 heteroatoms. The molecule has 4 nitrogen and oxygen atoms in total. The molecule has 1 aliphatic carbocycles. The third kappa shape index (κ3) is 3.90. The van der Waals surface area contributed by atoms with E-state index < -0.39 is 0 Å². The molecule has 19 heavy (non-hydrogen) atoms. The van der Waals surface area contributed by atoms with E-state index in [0.717, 1.165) is 5.95 Å². The normalized spacial score (nSPS) is 24.2. The Bertz CT molecular complexity index is 386. The molecular weight excluding hydrogens is 236 g/mol. The molecule has 0 radical (unpaired) electrons. The van der Waals surface area contributed by atoms with Gasteiger partial charge in [0, 0.05) is 24.5 Å². The Morgan fingerprint density at radius 2 is 1.53 bits per heavy atom. The molecule has 0 amide bonds. The monoisotopic (exact) mass is 262 g/mol. The summed E-state index contributed by atoms with van der Waals surface area (Å²) in [7, 11) is 2.05. The summed E-state index contributed by atoms with van der Waals surface area (Å²) in [5, 5.41) is 6.81. The second-order valence-electron chi connectivity index (χ2n) is 6.53. The fraction of sp³-hybridized carbons (Fsp3) is 0.733. The number of hydrogen-bond donors (Lipinski definition) is 2. The van der Waals surface area contributed by atoms with Crippen LogP contribution < -0.4 is 10.6 Å².